The monoisotopic (exact) mass is 522 g/mol. The quantitative estimate of drug-likeness (QED) is 0.489. The van der Waals surface area contributed by atoms with Gasteiger partial charge in [0.05, 0.1) is 29.6 Å². The van der Waals surface area contributed by atoms with Gasteiger partial charge in [0.15, 0.2) is 0 Å². The number of piperazine rings is 1. The van der Waals surface area contributed by atoms with Gasteiger partial charge in [-0.15, -0.1) is 0 Å². The number of methoxy groups -OCH3 is 1. The van der Waals surface area contributed by atoms with E-state index in [1.54, 1.807) is 13.2 Å². The number of hydrogen-bond donors (Lipinski definition) is 2. The molecule has 0 atom stereocenters. The molecule has 4 rings (SSSR count). The number of aromatic nitrogens is 1. The van der Waals surface area contributed by atoms with Crippen molar-refractivity contribution in [1.82, 2.24) is 4.98 Å². The van der Waals surface area contributed by atoms with E-state index in [0.717, 1.165) is 49.7 Å². The maximum absolute atomic E-state index is 12.4. The van der Waals surface area contributed by atoms with Crippen molar-refractivity contribution in [3.05, 3.63) is 77.2 Å². The molecule has 0 radical (unpaired) electrons. The summed E-state index contributed by atoms with van der Waals surface area (Å²) in [6.07, 6.45) is 1.18. The second kappa shape index (κ2) is 11.3. The number of halogens is 2. The summed E-state index contributed by atoms with van der Waals surface area (Å²) in [5.41, 5.74) is 6.12. The lowest BCUT2D eigenvalue weighted by Crippen LogP contribution is -2.46. The van der Waals surface area contributed by atoms with E-state index in [1.165, 1.54) is 18.3 Å². The molecule has 1 aromatic heterocycles. The largest absolute Gasteiger partial charge is 0.495 e. The number of rotatable bonds is 5. The zero-order valence-electron chi connectivity index (χ0n) is 18.8. The molecule has 2 heterocycles. The predicted octanol–water partition coefficient (Wildman–Crippen LogP) is 3.24. The lowest BCUT2D eigenvalue weighted by Gasteiger charge is -2.37. The van der Waals surface area contributed by atoms with Crippen LogP contribution in [-0.2, 0) is 10.1 Å². The number of ether oxygens (including phenoxy) is 1. The molecule has 3 aromatic rings. The molecule has 1 amide bonds. The molecule has 0 aliphatic carbocycles. The maximum Gasteiger partial charge on any atom is 0.296 e. The molecule has 1 saturated heterocycles. The average molecular weight is 523 g/mol. The van der Waals surface area contributed by atoms with Crippen molar-refractivity contribution in [2.75, 3.05) is 43.1 Å². The van der Waals surface area contributed by atoms with Crippen LogP contribution in [-0.4, -0.2) is 57.2 Å². The number of para-hydroxylation sites is 2. The first-order valence-electron chi connectivity index (χ1n) is 10.4. The van der Waals surface area contributed by atoms with Gasteiger partial charge in [-0.25, -0.2) is 9.37 Å². The lowest BCUT2D eigenvalue weighted by atomic mass is 10.2. The molecule has 3 N–H and O–H groups in total. The van der Waals surface area contributed by atoms with Gasteiger partial charge in [0.2, 0.25) is 5.91 Å². The van der Waals surface area contributed by atoms with E-state index < -0.39 is 21.8 Å². The molecule has 0 spiro atoms. The van der Waals surface area contributed by atoms with E-state index in [1.807, 2.05) is 24.3 Å². The highest BCUT2D eigenvalue weighted by Crippen LogP contribution is 2.29. The minimum Gasteiger partial charge on any atom is -0.495 e. The second-order valence-electron chi connectivity index (χ2n) is 7.46. The highest BCUT2D eigenvalue weighted by atomic mass is 35.5. The lowest BCUT2D eigenvalue weighted by molar-refractivity contribution is 0.100. The zero-order chi connectivity index (χ0) is 25.6. The smallest absolute Gasteiger partial charge is 0.296 e. The van der Waals surface area contributed by atoms with Gasteiger partial charge in [0.25, 0.3) is 10.1 Å². The Labute approximate surface area is 207 Å². The van der Waals surface area contributed by atoms with Crippen molar-refractivity contribution in [2.45, 2.75) is 4.90 Å². The summed E-state index contributed by atoms with van der Waals surface area (Å²) >= 11 is 5.48. The third-order valence-electron chi connectivity index (χ3n) is 5.24. The van der Waals surface area contributed by atoms with Crippen molar-refractivity contribution in [1.29, 1.82) is 0 Å². The highest BCUT2D eigenvalue weighted by molar-refractivity contribution is 7.85. The molecule has 9 nitrogen and oxygen atoms in total. The SMILES string of the molecule is COc1ccccc1N1CCN(c2ccc(S(=O)(=O)O)cn2)CC1.NC(=O)c1ccc(F)cc1Cl. The van der Waals surface area contributed by atoms with E-state index >= 15 is 0 Å². The molecule has 186 valence electrons. The Kier molecular flexibility index (Phi) is 8.49. The number of anilines is 2. The summed E-state index contributed by atoms with van der Waals surface area (Å²) in [5, 5.41) is 0.0394. The van der Waals surface area contributed by atoms with Crippen LogP contribution < -0.4 is 20.3 Å². The van der Waals surface area contributed by atoms with E-state index in [-0.39, 0.29) is 15.5 Å². The molecule has 35 heavy (non-hydrogen) atoms. The van der Waals surface area contributed by atoms with Crippen molar-refractivity contribution in [3.63, 3.8) is 0 Å². The van der Waals surface area contributed by atoms with Gasteiger partial charge in [-0.2, -0.15) is 8.42 Å². The van der Waals surface area contributed by atoms with E-state index in [2.05, 4.69) is 14.8 Å². The summed E-state index contributed by atoms with van der Waals surface area (Å²) in [5.74, 6) is 0.402. The Morgan fingerprint density at radius 3 is 2.29 bits per heavy atom. The number of hydrogen-bond acceptors (Lipinski definition) is 7. The number of nitrogens with zero attached hydrogens (tertiary/aromatic N) is 3. The summed E-state index contributed by atoms with van der Waals surface area (Å²) in [4.78, 5) is 18.8. The standard InChI is InChI=1S/C16H19N3O4S.C7H5ClFNO/c1-23-15-5-3-2-4-14(15)18-8-10-19(11-9-18)16-7-6-13(12-17-16)24(20,21)22;8-6-3-4(9)1-2-5(6)7(10)11/h2-7,12H,8-11H2,1H3,(H,20,21,22);1-3H,(H2,10,11). The predicted molar refractivity (Wildman–Crippen MR) is 131 cm³/mol. The van der Waals surface area contributed by atoms with Crippen LogP contribution in [0.1, 0.15) is 10.4 Å². The third kappa shape index (κ3) is 6.81. The Morgan fingerprint density at radius 2 is 1.74 bits per heavy atom. The number of pyridine rings is 1. The minimum atomic E-state index is -4.21. The van der Waals surface area contributed by atoms with Gasteiger partial charge in [-0.1, -0.05) is 23.7 Å². The Morgan fingerprint density at radius 1 is 1.09 bits per heavy atom. The van der Waals surface area contributed by atoms with E-state index in [0.29, 0.717) is 5.82 Å². The molecular formula is C23H24ClFN4O5S. The molecule has 0 bridgehead atoms. The summed E-state index contributed by atoms with van der Waals surface area (Å²) in [7, 11) is -2.54. The normalized spacial score (nSPS) is 13.6. The molecule has 1 aliphatic heterocycles. The molecule has 0 saturated carbocycles. The first-order chi connectivity index (χ1) is 16.6. The maximum atomic E-state index is 12.4. The van der Waals surface area contributed by atoms with Crippen LogP contribution in [0.3, 0.4) is 0 Å². The van der Waals surface area contributed by atoms with Crippen molar-refractivity contribution < 1.29 is 26.9 Å². The van der Waals surface area contributed by atoms with Gasteiger partial charge in [0.1, 0.15) is 22.3 Å². The van der Waals surface area contributed by atoms with Gasteiger partial charge in [0, 0.05) is 26.2 Å². The van der Waals surface area contributed by atoms with Crippen LogP contribution in [0.15, 0.2) is 65.7 Å². The van der Waals surface area contributed by atoms with Crippen LogP contribution >= 0.6 is 11.6 Å². The number of amides is 1. The number of primary amides is 1. The molecule has 2 aromatic carbocycles. The Balaban J connectivity index is 0.000000261. The minimum absolute atomic E-state index is 0.0394. The fourth-order valence-electron chi connectivity index (χ4n) is 3.47. The number of carbonyl (C=O) groups excluding carboxylic acids is 1. The van der Waals surface area contributed by atoms with E-state index in [4.69, 9.17) is 26.6 Å². The van der Waals surface area contributed by atoms with Crippen LogP contribution in [0.4, 0.5) is 15.9 Å². The first kappa shape index (κ1) is 26.2. The van der Waals surface area contributed by atoms with Crippen molar-refractivity contribution >= 4 is 39.1 Å². The third-order valence-corrected chi connectivity index (χ3v) is 6.39. The molecule has 1 fully saturated rings. The summed E-state index contributed by atoms with van der Waals surface area (Å²) < 4.78 is 48.9. The second-order valence-corrected chi connectivity index (χ2v) is 9.29. The van der Waals surface area contributed by atoms with Crippen molar-refractivity contribution in [2.24, 2.45) is 5.73 Å². The Bertz CT molecular complexity index is 1280. The fraction of sp³-hybridized carbons (Fsp3) is 0.217. The van der Waals surface area contributed by atoms with Crippen LogP contribution in [0.5, 0.6) is 5.75 Å². The topological polar surface area (TPSA) is 126 Å². The summed E-state index contributed by atoms with van der Waals surface area (Å²) in [6.45, 7) is 3.14. The van der Waals surface area contributed by atoms with Gasteiger partial charge >= 0.3 is 0 Å². The summed E-state index contributed by atoms with van der Waals surface area (Å²) in [6, 6.07) is 14.3. The molecule has 0 unspecified atom stereocenters. The molecular weight excluding hydrogens is 499 g/mol. The number of benzene rings is 2. The average Bonchev–Trinajstić information content (AvgIpc) is 2.84. The molecule has 1 aliphatic rings. The van der Waals surface area contributed by atoms with Gasteiger partial charge < -0.3 is 20.3 Å². The Hall–Kier alpha value is -3.41. The fourth-order valence-corrected chi connectivity index (χ4v) is 4.16. The van der Waals surface area contributed by atoms with Crippen LogP contribution in [0.2, 0.25) is 5.02 Å². The van der Waals surface area contributed by atoms with E-state index in [9.17, 15) is 17.6 Å². The molecule has 12 heteroatoms. The van der Waals surface area contributed by atoms with Gasteiger partial charge in [-0.05, 0) is 42.5 Å². The van der Waals surface area contributed by atoms with Crippen LogP contribution in [0, 0.1) is 5.82 Å². The van der Waals surface area contributed by atoms with Crippen molar-refractivity contribution in [3.8, 4) is 5.75 Å². The first-order valence-corrected chi connectivity index (χ1v) is 12.2. The highest BCUT2D eigenvalue weighted by Gasteiger charge is 2.21. The zero-order valence-corrected chi connectivity index (χ0v) is 20.3. The van der Waals surface area contributed by atoms with Gasteiger partial charge in [-0.3, -0.25) is 9.35 Å². The number of nitrogens with two attached hydrogens (primary N) is 1. The van der Waals surface area contributed by atoms with Crippen LogP contribution in [0.25, 0.3) is 0 Å². The number of carbonyl (C=O) groups is 1.